The molecule has 2 aromatic heterocycles. The molecule has 2 N–H and O–H groups in total. The molecular formula is C27H34F3N9. The number of aliphatic imine (C=N–C) groups is 1. The standard InChI is InChI=1S/C27H34F3N9/c1-25(2,39-7-5-38(6-8-39)21-4-3-20(14-32-21)27(28,29)30)23(33-15-31)36-22-18-9-17-10-19(22)13-26(11-17,12-18)24-34-16-35-37-24/h3-4,14,16-19,22H,5-13H2,1-2H3,(H,33,36)(H,34,35,37). The van der Waals surface area contributed by atoms with Crippen LogP contribution in [0.15, 0.2) is 29.6 Å². The first-order valence-corrected chi connectivity index (χ1v) is 13.7. The van der Waals surface area contributed by atoms with Gasteiger partial charge >= 0.3 is 6.18 Å². The zero-order valence-electron chi connectivity index (χ0n) is 22.2. The fraction of sp³-hybridized carbons (Fsp3) is 0.667. The number of nitrogens with one attached hydrogen (secondary N) is 2. The average molecular weight is 542 g/mol. The van der Waals surface area contributed by atoms with Crippen molar-refractivity contribution in [2.45, 2.75) is 69.1 Å². The van der Waals surface area contributed by atoms with Gasteiger partial charge in [-0.2, -0.15) is 23.4 Å². The van der Waals surface area contributed by atoms with Gasteiger partial charge in [0.15, 0.2) is 0 Å². The highest BCUT2D eigenvalue weighted by Gasteiger charge is 2.57. The molecule has 0 radical (unpaired) electrons. The molecule has 1 aliphatic heterocycles. The van der Waals surface area contributed by atoms with E-state index < -0.39 is 17.3 Å². The second-order valence-corrected chi connectivity index (χ2v) is 12.3. The zero-order chi connectivity index (χ0) is 27.4. The number of alkyl halides is 3. The number of piperazine rings is 1. The van der Waals surface area contributed by atoms with Crippen molar-refractivity contribution < 1.29 is 13.2 Å². The second kappa shape index (κ2) is 9.47. The van der Waals surface area contributed by atoms with E-state index in [1.165, 1.54) is 25.3 Å². The van der Waals surface area contributed by atoms with Crippen LogP contribution < -0.4 is 10.2 Å². The second-order valence-electron chi connectivity index (χ2n) is 12.3. The molecule has 0 spiro atoms. The first-order chi connectivity index (χ1) is 18.6. The predicted molar refractivity (Wildman–Crippen MR) is 139 cm³/mol. The fourth-order valence-electron chi connectivity index (χ4n) is 7.95. The Morgan fingerprint density at radius 3 is 2.41 bits per heavy atom. The molecule has 5 aliphatic rings. The number of halogens is 3. The van der Waals surface area contributed by atoms with Gasteiger partial charge < -0.3 is 15.2 Å². The molecule has 0 amide bonds. The molecule has 2 atom stereocenters. The van der Waals surface area contributed by atoms with Gasteiger partial charge in [0.1, 0.15) is 23.8 Å². The third kappa shape index (κ3) is 4.64. The number of pyridine rings is 1. The molecule has 12 heteroatoms. The maximum absolute atomic E-state index is 12.9. The van der Waals surface area contributed by atoms with Gasteiger partial charge in [-0.3, -0.25) is 4.90 Å². The summed E-state index contributed by atoms with van der Waals surface area (Å²) in [4.78, 5) is 16.0. The van der Waals surface area contributed by atoms with E-state index in [0.717, 1.165) is 30.9 Å². The lowest BCUT2D eigenvalue weighted by molar-refractivity contribution is -0.137. The summed E-state index contributed by atoms with van der Waals surface area (Å²) in [6.45, 7) is 6.78. The van der Waals surface area contributed by atoms with E-state index >= 15 is 0 Å². The zero-order valence-corrected chi connectivity index (χ0v) is 22.2. The number of hydrogen-bond acceptors (Lipinski definition) is 7. The van der Waals surface area contributed by atoms with Crippen molar-refractivity contribution in [3.63, 3.8) is 0 Å². The Hall–Kier alpha value is -3.20. The van der Waals surface area contributed by atoms with Crippen LogP contribution in [0.3, 0.4) is 0 Å². The Morgan fingerprint density at radius 2 is 1.85 bits per heavy atom. The minimum absolute atomic E-state index is 0.0793. The molecule has 4 saturated carbocycles. The minimum atomic E-state index is -4.40. The van der Waals surface area contributed by atoms with Crippen molar-refractivity contribution in [2.24, 2.45) is 22.7 Å². The van der Waals surface area contributed by atoms with Crippen LogP contribution in [-0.2, 0) is 11.6 Å². The van der Waals surface area contributed by atoms with Crippen LogP contribution >= 0.6 is 0 Å². The van der Waals surface area contributed by atoms with Gasteiger partial charge in [-0.15, -0.1) is 10.2 Å². The number of nitrogens with zero attached hydrogens (tertiary/aromatic N) is 7. The van der Waals surface area contributed by atoms with E-state index in [4.69, 9.17) is 0 Å². The first-order valence-electron chi connectivity index (χ1n) is 13.7. The molecule has 3 heterocycles. The Kier molecular flexibility index (Phi) is 6.32. The first kappa shape index (κ1) is 26.0. The van der Waals surface area contributed by atoms with Crippen molar-refractivity contribution in [3.05, 3.63) is 36.0 Å². The number of H-pyrrole nitrogens is 1. The SMILES string of the molecule is CC(C)(/C(=N\C#N)NC1C2CC3CC1CC(c1nnc[nH]1)(C3)C2)N1CCN(c2ccc(C(F)(F)F)cn2)CC1. The molecule has 5 fully saturated rings. The number of amidine groups is 1. The number of nitriles is 1. The summed E-state index contributed by atoms with van der Waals surface area (Å²) in [5, 5.41) is 21.8. The van der Waals surface area contributed by atoms with E-state index in [1.54, 1.807) is 6.33 Å². The highest BCUT2D eigenvalue weighted by Crippen LogP contribution is 2.60. The van der Waals surface area contributed by atoms with Gasteiger partial charge in [-0.1, -0.05) is 0 Å². The highest BCUT2D eigenvalue weighted by molar-refractivity contribution is 5.92. The van der Waals surface area contributed by atoms with Crippen molar-refractivity contribution in [1.82, 2.24) is 30.4 Å². The van der Waals surface area contributed by atoms with Crippen LogP contribution in [-0.4, -0.2) is 68.7 Å². The molecule has 9 nitrogen and oxygen atoms in total. The number of anilines is 1. The Balaban J connectivity index is 1.13. The molecule has 2 unspecified atom stereocenters. The van der Waals surface area contributed by atoms with E-state index in [-0.39, 0.29) is 11.5 Å². The third-order valence-corrected chi connectivity index (χ3v) is 9.71. The summed E-state index contributed by atoms with van der Waals surface area (Å²) in [6.07, 6.45) is 5.87. The van der Waals surface area contributed by atoms with Crippen molar-refractivity contribution >= 4 is 11.7 Å². The number of hydrogen-bond donors (Lipinski definition) is 2. The monoisotopic (exact) mass is 541 g/mol. The molecule has 0 aromatic carbocycles. The fourth-order valence-corrected chi connectivity index (χ4v) is 7.95. The summed E-state index contributed by atoms with van der Waals surface area (Å²) in [7, 11) is 0. The smallest absolute Gasteiger partial charge is 0.368 e. The third-order valence-electron chi connectivity index (χ3n) is 9.71. The highest BCUT2D eigenvalue weighted by atomic mass is 19.4. The van der Waals surface area contributed by atoms with Gasteiger partial charge in [-0.05, 0) is 75.8 Å². The topological polar surface area (TPSA) is 109 Å². The average Bonchev–Trinajstić information content (AvgIpc) is 3.46. The molecule has 2 aromatic rings. The quantitative estimate of drug-likeness (QED) is 0.337. The van der Waals surface area contributed by atoms with Crippen LogP contribution in [0, 0.1) is 29.2 Å². The number of aromatic nitrogens is 4. The van der Waals surface area contributed by atoms with Crippen LogP contribution in [0.2, 0.25) is 0 Å². The summed E-state index contributed by atoms with van der Waals surface area (Å²) in [5.41, 5.74) is -1.17. The molecular weight excluding hydrogens is 507 g/mol. The van der Waals surface area contributed by atoms with Gasteiger partial charge in [-0.25, -0.2) is 4.98 Å². The predicted octanol–water partition coefficient (Wildman–Crippen LogP) is 3.73. The Morgan fingerprint density at radius 1 is 1.13 bits per heavy atom. The van der Waals surface area contributed by atoms with Gasteiger partial charge in [0.2, 0.25) is 6.19 Å². The summed E-state index contributed by atoms with van der Waals surface area (Å²) >= 11 is 0. The van der Waals surface area contributed by atoms with Crippen molar-refractivity contribution in [1.29, 1.82) is 5.26 Å². The largest absolute Gasteiger partial charge is 0.417 e. The molecule has 4 aliphatic carbocycles. The van der Waals surface area contributed by atoms with Crippen LogP contribution in [0.4, 0.5) is 19.0 Å². The Bertz CT molecular complexity index is 1220. The lowest BCUT2D eigenvalue weighted by atomic mass is 9.47. The minimum Gasteiger partial charge on any atom is -0.368 e. The molecule has 208 valence electrons. The van der Waals surface area contributed by atoms with E-state index in [1.807, 2.05) is 11.1 Å². The molecule has 7 rings (SSSR count). The summed E-state index contributed by atoms with van der Waals surface area (Å²) in [6, 6.07) is 2.78. The van der Waals surface area contributed by atoms with Crippen molar-refractivity contribution in [3.8, 4) is 6.19 Å². The van der Waals surface area contributed by atoms with Crippen LogP contribution in [0.1, 0.15) is 57.3 Å². The molecule has 4 bridgehead atoms. The van der Waals surface area contributed by atoms with Crippen LogP contribution in [0.5, 0.6) is 0 Å². The van der Waals surface area contributed by atoms with E-state index in [9.17, 15) is 18.4 Å². The molecule has 1 saturated heterocycles. The van der Waals surface area contributed by atoms with Crippen molar-refractivity contribution in [2.75, 3.05) is 31.1 Å². The van der Waals surface area contributed by atoms with Gasteiger partial charge in [0, 0.05) is 43.8 Å². The van der Waals surface area contributed by atoms with Gasteiger partial charge in [0.25, 0.3) is 0 Å². The maximum atomic E-state index is 12.9. The van der Waals surface area contributed by atoms with E-state index in [2.05, 4.69) is 49.2 Å². The Labute approximate surface area is 225 Å². The lowest BCUT2D eigenvalue weighted by Crippen LogP contribution is -2.66. The lowest BCUT2D eigenvalue weighted by Gasteiger charge is -2.60. The number of rotatable bonds is 5. The normalized spacial score (nSPS) is 31.4. The number of aromatic amines is 1. The molecule has 39 heavy (non-hydrogen) atoms. The van der Waals surface area contributed by atoms with Crippen LogP contribution in [0.25, 0.3) is 0 Å². The summed E-state index contributed by atoms with van der Waals surface area (Å²) < 4.78 is 38.8. The van der Waals surface area contributed by atoms with Gasteiger partial charge in [0.05, 0.1) is 11.1 Å². The maximum Gasteiger partial charge on any atom is 0.417 e. The van der Waals surface area contributed by atoms with E-state index in [0.29, 0.717) is 55.6 Å². The summed E-state index contributed by atoms with van der Waals surface area (Å²) in [5.74, 6) is 3.93.